The van der Waals surface area contributed by atoms with E-state index in [4.69, 9.17) is 37.0 Å². The monoisotopic (exact) mass is 1480 g/mol. The smallest absolute Gasteiger partial charge is 0.462 e. The van der Waals surface area contributed by atoms with Crippen molar-refractivity contribution >= 4 is 39.5 Å². The van der Waals surface area contributed by atoms with Gasteiger partial charge in [0.05, 0.1) is 26.4 Å². The molecule has 0 saturated heterocycles. The van der Waals surface area contributed by atoms with Crippen molar-refractivity contribution in [2.45, 2.75) is 457 Å². The van der Waals surface area contributed by atoms with Crippen LogP contribution in [0.2, 0.25) is 0 Å². The fourth-order valence-electron chi connectivity index (χ4n) is 12.7. The van der Waals surface area contributed by atoms with Crippen LogP contribution in [0.3, 0.4) is 0 Å². The minimum absolute atomic E-state index is 0.109. The molecule has 0 heterocycles. The molecule has 19 heteroatoms. The van der Waals surface area contributed by atoms with Crippen LogP contribution < -0.4 is 0 Å². The molecule has 0 amide bonds. The number of aliphatic hydroxyl groups excluding tert-OH is 1. The van der Waals surface area contributed by atoms with Crippen LogP contribution in [0.1, 0.15) is 439 Å². The number of phosphoric ester groups is 2. The summed E-state index contributed by atoms with van der Waals surface area (Å²) in [5.41, 5.74) is 0. The summed E-state index contributed by atoms with van der Waals surface area (Å²) in [5, 5.41) is 10.7. The van der Waals surface area contributed by atoms with Gasteiger partial charge in [0.2, 0.25) is 0 Å². The Balaban J connectivity index is 5.25. The van der Waals surface area contributed by atoms with E-state index in [2.05, 4.69) is 34.6 Å². The Morgan fingerprint density at radius 3 is 0.703 bits per heavy atom. The highest BCUT2D eigenvalue weighted by molar-refractivity contribution is 7.47. The molecule has 3 N–H and O–H groups in total. The molecule has 0 aromatic rings. The summed E-state index contributed by atoms with van der Waals surface area (Å²) in [7, 11) is -9.92. The molecule has 0 aromatic carbocycles. The maximum Gasteiger partial charge on any atom is 0.472 e. The molecule has 0 fully saturated rings. The van der Waals surface area contributed by atoms with E-state index in [1.165, 1.54) is 263 Å². The van der Waals surface area contributed by atoms with Gasteiger partial charge in [0.15, 0.2) is 12.2 Å². The van der Waals surface area contributed by atoms with Crippen molar-refractivity contribution < 1.29 is 80.2 Å². The zero-order valence-corrected chi connectivity index (χ0v) is 67.8. The first-order valence-corrected chi connectivity index (χ1v) is 45.7. The molecule has 3 unspecified atom stereocenters. The second kappa shape index (κ2) is 74.9. The van der Waals surface area contributed by atoms with E-state index in [0.717, 1.165) is 95.8 Å². The van der Waals surface area contributed by atoms with E-state index in [0.29, 0.717) is 25.7 Å². The van der Waals surface area contributed by atoms with E-state index >= 15 is 0 Å². The van der Waals surface area contributed by atoms with Gasteiger partial charge in [-0.25, -0.2) is 9.13 Å². The van der Waals surface area contributed by atoms with Crippen LogP contribution in [0.15, 0.2) is 0 Å². The van der Waals surface area contributed by atoms with Gasteiger partial charge in [-0.3, -0.25) is 37.3 Å². The first kappa shape index (κ1) is 99.1. The van der Waals surface area contributed by atoms with E-state index < -0.39 is 97.5 Å². The topological polar surface area (TPSA) is 237 Å². The van der Waals surface area contributed by atoms with Crippen LogP contribution in [0.25, 0.3) is 0 Å². The van der Waals surface area contributed by atoms with Crippen LogP contribution in [-0.2, 0) is 65.4 Å². The molecule has 101 heavy (non-hydrogen) atoms. The minimum Gasteiger partial charge on any atom is -0.462 e. The lowest BCUT2D eigenvalue weighted by atomic mass is 9.99. The van der Waals surface area contributed by atoms with Crippen LogP contribution in [0.5, 0.6) is 0 Å². The van der Waals surface area contributed by atoms with Gasteiger partial charge in [0.1, 0.15) is 19.3 Å². The number of rotatable bonds is 82. The van der Waals surface area contributed by atoms with E-state index in [9.17, 15) is 43.2 Å². The van der Waals surface area contributed by atoms with Crippen molar-refractivity contribution in [2.75, 3.05) is 39.6 Å². The van der Waals surface area contributed by atoms with Crippen LogP contribution >= 0.6 is 15.6 Å². The number of hydrogen-bond acceptors (Lipinski definition) is 15. The molecule has 17 nitrogen and oxygen atoms in total. The van der Waals surface area contributed by atoms with Gasteiger partial charge in [-0.1, -0.05) is 388 Å². The zero-order chi connectivity index (χ0) is 74.1. The quantitative estimate of drug-likeness (QED) is 0.0222. The zero-order valence-electron chi connectivity index (χ0n) is 66.1. The molecule has 6 atom stereocenters. The Morgan fingerprint density at radius 2 is 0.475 bits per heavy atom. The molecule has 0 aromatic heterocycles. The van der Waals surface area contributed by atoms with Crippen molar-refractivity contribution in [1.82, 2.24) is 0 Å². The van der Waals surface area contributed by atoms with Crippen molar-refractivity contribution in [3.8, 4) is 0 Å². The third-order valence-electron chi connectivity index (χ3n) is 19.6. The molecule has 0 aliphatic heterocycles. The predicted octanol–water partition coefficient (Wildman–Crippen LogP) is 24.8. The Kier molecular flexibility index (Phi) is 73.5. The summed E-state index contributed by atoms with van der Waals surface area (Å²) in [6.07, 6.45) is 66.4. The fraction of sp³-hybridized carbons (Fsp3) is 0.951. The molecular weight excluding hydrogens is 1320 g/mol. The maximum atomic E-state index is 13.1. The first-order valence-electron chi connectivity index (χ1n) is 42.7. The van der Waals surface area contributed by atoms with E-state index in [1.54, 1.807) is 0 Å². The summed E-state index contributed by atoms with van der Waals surface area (Å²) >= 11 is 0. The molecule has 0 aliphatic rings. The predicted molar refractivity (Wildman–Crippen MR) is 414 cm³/mol. The number of esters is 4. The molecule has 0 rings (SSSR count). The highest BCUT2D eigenvalue weighted by Crippen LogP contribution is 2.45. The fourth-order valence-corrected chi connectivity index (χ4v) is 14.3. The Labute approximate surface area is 619 Å². The number of hydrogen-bond donors (Lipinski definition) is 3. The van der Waals surface area contributed by atoms with E-state index in [-0.39, 0.29) is 25.7 Å². The second-order valence-electron chi connectivity index (χ2n) is 29.8. The highest BCUT2D eigenvalue weighted by Gasteiger charge is 2.30. The van der Waals surface area contributed by atoms with Gasteiger partial charge >= 0.3 is 39.5 Å². The number of phosphoric acid groups is 2. The first-order chi connectivity index (χ1) is 49.1. The molecule has 600 valence electrons. The summed E-state index contributed by atoms with van der Waals surface area (Å²) in [6, 6.07) is 0. The molecule has 0 spiro atoms. The summed E-state index contributed by atoms with van der Waals surface area (Å²) < 4.78 is 68.8. The van der Waals surface area contributed by atoms with Crippen molar-refractivity contribution in [1.29, 1.82) is 0 Å². The van der Waals surface area contributed by atoms with Crippen LogP contribution in [0.4, 0.5) is 0 Å². The van der Waals surface area contributed by atoms with Gasteiger partial charge in [-0.05, 0) is 31.6 Å². The minimum atomic E-state index is -4.96. The Morgan fingerprint density at radius 1 is 0.277 bits per heavy atom. The number of unbranched alkanes of at least 4 members (excludes halogenated alkanes) is 53. The lowest BCUT2D eigenvalue weighted by molar-refractivity contribution is -0.161. The van der Waals surface area contributed by atoms with Crippen molar-refractivity contribution in [3.05, 3.63) is 0 Å². The lowest BCUT2D eigenvalue weighted by Crippen LogP contribution is -2.30. The van der Waals surface area contributed by atoms with E-state index in [1.807, 2.05) is 0 Å². The summed E-state index contributed by atoms with van der Waals surface area (Å²) in [6.45, 7) is 7.40. The summed E-state index contributed by atoms with van der Waals surface area (Å²) in [5.74, 6) is -1.26. The van der Waals surface area contributed by atoms with Gasteiger partial charge in [0.25, 0.3) is 0 Å². The highest BCUT2D eigenvalue weighted by atomic mass is 31.2. The largest absolute Gasteiger partial charge is 0.472 e. The van der Waals surface area contributed by atoms with Gasteiger partial charge < -0.3 is 33.8 Å². The molecule has 0 saturated carbocycles. The third-order valence-corrected chi connectivity index (χ3v) is 21.5. The van der Waals surface area contributed by atoms with Crippen LogP contribution in [0, 0.1) is 5.92 Å². The standard InChI is InChI=1S/C82H160O17P2/c1-6-10-13-16-19-22-25-27-29-31-36-41-46-51-56-61-66-80(85)93-72-78(99-82(87)68-63-58-53-48-43-38-34-33-35-40-44-49-54-59-64-75(5)9-4)74-97-101(90,91)95-70-76(83)69-94-100(88,89)96-73-77(71-92-79(84)65-60-55-50-45-39-24-21-18-15-12-8-3)98-81(86)67-62-57-52-47-42-37-32-30-28-26-23-20-17-14-11-7-2/h75-78,83H,6-74H2,1-5H3,(H,88,89)(H,90,91)/t75?,76-,77+,78+/m0/s1. The number of carbonyl (C=O) groups excluding carboxylic acids is 4. The lowest BCUT2D eigenvalue weighted by Gasteiger charge is -2.21. The summed E-state index contributed by atoms with van der Waals surface area (Å²) in [4.78, 5) is 73.1. The average Bonchev–Trinajstić information content (AvgIpc) is 0.929. The molecule has 0 bridgehead atoms. The maximum absolute atomic E-state index is 13.1. The third kappa shape index (κ3) is 74.7. The second-order valence-corrected chi connectivity index (χ2v) is 32.7. The Hall–Kier alpha value is -1.94. The van der Waals surface area contributed by atoms with Gasteiger partial charge in [0, 0.05) is 25.7 Å². The number of aliphatic hydroxyl groups is 1. The van der Waals surface area contributed by atoms with Gasteiger partial charge in [-0.15, -0.1) is 0 Å². The molecular formula is C82H160O17P2. The van der Waals surface area contributed by atoms with Crippen LogP contribution in [-0.4, -0.2) is 96.7 Å². The normalized spacial score (nSPS) is 14.1. The van der Waals surface area contributed by atoms with Crippen molar-refractivity contribution in [2.24, 2.45) is 5.92 Å². The number of carbonyl (C=O) groups is 4. The van der Waals surface area contributed by atoms with Gasteiger partial charge in [-0.2, -0.15) is 0 Å². The molecule has 0 aliphatic carbocycles. The Bertz CT molecular complexity index is 1930. The van der Waals surface area contributed by atoms with Crippen molar-refractivity contribution in [3.63, 3.8) is 0 Å². The SMILES string of the molecule is CCCCCCCCCCCCCCCCCCC(=O)OC[C@H](COP(=O)(O)OC[C@@H](O)COP(=O)(O)OC[C@@H](COC(=O)CCCCCCCCCCCCC)OC(=O)CCCCCCCCCCCCCCCCCC)OC(=O)CCCCCCCCCCCCCCCCC(C)CC. The number of ether oxygens (including phenoxy) is 4. The molecule has 0 radical (unpaired) electrons. The average molecular weight is 1480 g/mol.